The van der Waals surface area contributed by atoms with Crippen LogP contribution in [0.25, 0.3) is 0 Å². The molecule has 0 saturated heterocycles. The predicted octanol–water partition coefficient (Wildman–Crippen LogP) is 2.12. The van der Waals surface area contributed by atoms with Crippen LogP contribution in [-0.4, -0.2) is 30.1 Å². The highest BCUT2D eigenvalue weighted by molar-refractivity contribution is 4.83. The number of nitrogens with two attached hydrogens (primary N) is 3. The maximum absolute atomic E-state index is 5.71. The Kier molecular flexibility index (Phi) is 9.43. The van der Waals surface area contributed by atoms with E-state index in [2.05, 4.69) is 16.6 Å². The van der Waals surface area contributed by atoms with Crippen molar-refractivity contribution in [1.29, 1.82) is 0 Å². The first kappa shape index (κ1) is 16.9. The van der Waals surface area contributed by atoms with Crippen LogP contribution in [0.5, 0.6) is 0 Å². The summed E-state index contributed by atoms with van der Waals surface area (Å²) in [5.41, 5.74) is 5.71. The van der Waals surface area contributed by atoms with Gasteiger partial charge in [0.05, 0.1) is 0 Å². The highest BCUT2D eigenvalue weighted by atomic mass is 15.2. The molecule has 2 fully saturated rings. The first-order chi connectivity index (χ1) is 9.42. The molecule has 6 N–H and O–H groups in total. The molecule has 2 rings (SSSR count). The Balaban J connectivity index is 0.000000861. The van der Waals surface area contributed by atoms with Gasteiger partial charge in [0, 0.05) is 12.1 Å². The second-order valence-electron chi connectivity index (χ2n) is 5.96. The Bertz CT molecular complexity index is 180. The van der Waals surface area contributed by atoms with Gasteiger partial charge in [-0.25, -0.2) is 0 Å². The molecule has 0 aromatic carbocycles. The lowest BCUT2D eigenvalue weighted by atomic mass is 9.88. The van der Waals surface area contributed by atoms with E-state index in [1.54, 1.807) is 0 Å². The third kappa shape index (κ3) is 5.78. The first-order valence-corrected chi connectivity index (χ1v) is 8.21. The average molecular weight is 270 g/mol. The summed E-state index contributed by atoms with van der Waals surface area (Å²) in [6.07, 6.45) is 15.7. The van der Waals surface area contributed by atoms with Crippen LogP contribution in [0.2, 0.25) is 0 Å². The summed E-state index contributed by atoms with van der Waals surface area (Å²) in [6.45, 7) is 2.11. The second kappa shape index (κ2) is 10.6. The van der Waals surface area contributed by atoms with E-state index in [9.17, 15) is 0 Å². The van der Waals surface area contributed by atoms with Crippen molar-refractivity contribution in [3.63, 3.8) is 0 Å². The third-order valence-corrected chi connectivity index (χ3v) is 4.71. The van der Waals surface area contributed by atoms with Crippen LogP contribution in [0, 0.1) is 0 Å². The summed E-state index contributed by atoms with van der Waals surface area (Å²) < 4.78 is 0. The van der Waals surface area contributed by atoms with Crippen LogP contribution in [0.4, 0.5) is 0 Å². The molecule has 0 atom stereocenters. The minimum Gasteiger partial charge on any atom is -0.330 e. The Morgan fingerprint density at radius 3 is 1.53 bits per heavy atom. The SMILES string of the molecule is NCCCN(C1CCCCC1)C1CCCCC1.NN. The Morgan fingerprint density at radius 2 is 1.16 bits per heavy atom. The van der Waals surface area contributed by atoms with Gasteiger partial charge >= 0.3 is 0 Å². The van der Waals surface area contributed by atoms with Crippen molar-refractivity contribution in [3.8, 4) is 0 Å². The van der Waals surface area contributed by atoms with E-state index in [1.807, 2.05) is 0 Å². The molecule has 0 aliphatic heterocycles. The molecule has 2 aliphatic carbocycles. The number of hydrazine groups is 1. The number of rotatable bonds is 5. The standard InChI is InChI=1S/C15H30N2.H4N2/c16-12-7-13-17(14-8-3-1-4-9-14)15-10-5-2-6-11-15;1-2/h14-15H,1-13,16H2;1-2H2. The van der Waals surface area contributed by atoms with Crippen molar-refractivity contribution < 1.29 is 0 Å². The lowest BCUT2D eigenvalue weighted by molar-refractivity contribution is 0.0803. The lowest BCUT2D eigenvalue weighted by Gasteiger charge is -2.41. The summed E-state index contributed by atoms with van der Waals surface area (Å²) in [5, 5.41) is 0. The maximum atomic E-state index is 5.71. The van der Waals surface area contributed by atoms with Gasteiger partial charge in [-0.3, -0.25) is 16.6 Å². The molecular formula is C15H34N4. The molecule has 0 bridgehead atoms. The summed E-state index contributed by atoms with van der Waals surface area (Å²) in [6, 6.07) is 1.77. The van der Waals surface area contributed by atoms with Gasteiger partial charge in [-0.1, -0.05) is 38.5 Å². The maximum Gasteiger partial charge on any atom is 0.00982 e. The van der Waals surface area contributed by atoms with E-state index in [0.29, 0.717) is 0 Å². The van der Waals surface area contributed by atoms with Crippen molar-refractivity contribution >= 4 is 0 Å². The molecular weight excluding hydrogens is 236 g/mol. The highest BCUT2D eigenvalue weighted by Gasteiger charge is 2.27. The fourth-order valence-corrected chi connectivity index (χ4v) is 3.76. The van der Waals surface area contributed by atoms with Gasteiger partial charge in [0.15, 0.2) is 0 Å². The van der Waals surface area contributed by atoms with Gasteiger partial charge in [0.1, 0.15) is 0 Å². The molecule has 0 spiro atoms. The molecule has 2 saturated carbocycles. The Hall–Kier alpha value is -0.160. The minimum absolute atomic E-state index is 0.857. The van der Waals surface area contributed by atoms with Crippen molar-refractivity contribution in [2.45, 2.75) is 82.7 Å². The van der Waals surface area contributed by atoms with Crippen molar-refractivity contribution in [2.75, 3.05) is 13.1 Å². The molecule has 0 aromatic rings. The molecule has 0 amide bonds. The molecule has 0 heterocycles. The molecule has 0 radical (unpaired) electrons. The zero-order valence-corrected chi connectivity index (χ0v) is 12.5. The number of hydrogen-bond donors (Lipinski definition) is 3. The van der Waals surface area contributed by atoms with Crippen LogP contribution in [0.1, 0.15) is 70.6 Å². The van der Waals surface area contributed by atoms with E-state index < -0.39 is 0 Å². The number of hydrogen-bond acceptors (Lipinski definition) is 4. The summed E-state index contributed by atoms with van der Waals surface area (Å²) in [7, 11) is 0. The van der Waals surface area contributed by atoms with Gasteiger partial charge < -0.3 is 5.73 Å². The van der Waals surface area contributed by atoms with Crippen molar-refractivity contribution in [1.82, 2.24) is 4.90 Å². The zero-order valence-electron chi connectivity index (χ0n) is 12.5. The van der Waals surface area contributed by atoms with Crippen LogP contribution in [0.3, 0.4) is 0 Å². The quantitative estimate of drug-likeness (QED) is 0.528. The largest absolute Gasteiger partial charge is 0.330 e. The molecule has 0 aromatic heterocycles. The topological polar surface area (TPSA) is 81.3 Å². The van der Waals surface area contributed by atoms with E-state index in [-0.39, 0.29) is 0 Å². The zero-order chi connectivity index (χ0) is 13.9. The smallest absolute Gasteiger partial charge is 0.00982 e. The first-order valence-electron chi connectivity index (χ1n) is 8.21. The predicted molar refractivity (Wildman–Crippen MR) is 82.5 cm³/mol. The molecule has 19 heavy (non-hydrogen) atoms. The van der Waals surface area contributed by atoms with E-state index in [1.165, 1.54) is 77.2 Å². The molecule has 4 heteroatoms. The fourth-order valence-electron chi connectivity index (χ4n) is 3.76. The third-order valence-electron chi connectivity index (χ3n) is 4.71. The van der Waals surface area contributed by atoms with Crippen LogP contribution >= 0.6 is 0 Å². The van der Waals surface area contributed by atoms with Gasteiger partial charge in [0.25, 0.3) is 0 Å². The molecule has 2 aliphatic rings. The van der Waals surface area contributed by atoms with Crippen LogP contribution < -0.4 is 17.4 Å². The molecule has 114 valence electrons. The monoisotopic (exact) mass is 270 g/mol. The summed E-state index contributed by atoms with van der Waals surface area (Å²) >= 11 is 0. The summed E-state index contributed by atoms with van der Waals surface area (Å²) in [4.78, 5) is 2.85. The average Bonchev–Trinajstić information content (AvgIpc) is 2.52. The van der Waals surface area contributed by atoms with E-state index in [0.717, 1.165) is 18.6 Å². The van der Waals surface area contributed by atoms with Gasteiger partial charge in [0.2, 0.25) is 0 Å². The van der Waals surface area contributed by atoms with E-state index >= 15 is 0 Å². The highest BCUT2D eigenvalue weighted by Crippen LogP contribution is 2.30. The minimum atomic E-state index is 0.857. The van der Waals surface area contributed by atoms with Crippen molar-refractivity contribution in [2.24, 2.45) is 17.4 Å². The van der Waals surface area contributed by atoms with Gasteiger partial charge in [-0.15, -0.1) is 0 Å². The second-order valence-corrected chi connectivity index (χ2v) is 5.96. The van der Waals surface area contributed by atoms with Gasteiger partial charge in [-0.05, 0) is 45.2 Å². The lowest BCUT2D eigenvalue weighted by Crippen LogP contribution is -2.46. The Morgan fingerprint density at radius 1 is 0.737 bits per heavy atom. The molecule has 0 unspecified atom stereocenters. The van der Waals surface area contributed by atoms with Crippen LogP contribution in [0.15, 0.2) is 0 Å². The Labute approximate surface area is 119 Å². The van der Waals surface area contributed by atoms with E-state index in [4.69, 9.17) is 5.73 Å². The fraction of sp³-hybridized carbons (Fsp3) is 1.00. The summed E-state index contributed by atoms with van der Waals surface area (Å²) in [5.74, 6) is 8.00. The van der Waals surface area contributed by atoms with Crippen molar-refractivity contribution in [3.05, 3.63) is 0 Å². The molecule has 4 nitrogen and oxygen atoms in total. The normalized spacial score (nSPS) is 22.1. The number of nitrogens with zero attached hydrogens (tertiary/aromatic N) is 1. The van der Waals surface area contributed by atoms with Gasteiger partial charge in [-0.2, -0.15) is 0 Å². The van der Waals surface area contributed by atoms with Crippen LogP contribution in [-0.2, 0) is 0 Å².